The summed E-state index contributed by atoms with van der Waals surface area (Å²) in [5, 5.41) is 17.8. The zero-order valence-corrected chi connectivity index (χ0v) is 9.83. The summed E-state index contributed by atoms with van der Waals surface area (Å²) in [5.74, 6) is -0.372. The molecule has 94 valence electrons. The standard InChI is InChI=1S/C14H10N2O3/c15-8-10-3-1-2-4-12(10)19-13-6-5-9(14(17)18)7-11(13)16/h1-7H,16H2,(H,17,18). The van der Waals surface area contributed by atoms with Crippen molar-refractivity contribution in [3.63, 3.8) is 0 Å². The molecule has 0 aliphatic rings. The Hall–Kier alpha value is -3.00. The van der Waals surface area contributed by atoms with Gasteiger partial charge in [0.1, 0.15) is 17.6 Å². The minimum absolute atomic E-state index is 0.0819. The predicted octanol–water partition coefficient (Wildman–Crippen LogP) is 2.63. The van der Waals surface area contributed by atoms with Gasteiger partial charge in [0, 0.05) is 0 Å². The van der Waals surface area contributed by atoms with Crippen molar-refractivity contribution in [1.82, 2.24) is 0 Å². The minimum atomic E-state index is -1.06. The lowest BCUT2D eigenvalue weighted by Gasteiger charge is -2.10. The van der Waals surface area contributed by atoms with Crippen molar-refractivity contribution in [2.45, 2.75) is 0 Å². The molecule has 0 bridgehead atoms. The third kappa shape index (κ3) is 2.64. The zero-order valence-electron chi connectivity index (χ0n) is 9.83. The molecule has 0 amide bonds. The maximum Gasteiger partial charge on any atom is 0.335 e. The molecule has 2 aromatic rings. The fourth-order valence-electron chi connectivity index (χ4n) is 1.54. The summed E-state index contributed by atoms with van der Waals surface area (Å²) in [7, 11) is 0. The molecule has 0 aromatic heterocycles. The van der Waals surface area contributed by atoms with Crippen molar-refractivity contribution < 1.29 is 14.6 Å². The number of nitriles is 1. The number of carbonyl (C=O) groups is 1. The molecule has 0 fully saturated rings. The number of benzene rings is 2. The van der Waals surface area contributed by atoms with Crippen molar-refractivity contribution >= 4 is 11.7 Å². The first-order valence-electron chi connectivity index (χ1n) is 5.41. The Morgan fingerprint density at radius 1 is 1.21 bits per heavy atom. The van der Waals surface area contributed by atoms with Crippen LogP contribution in [0.1, 0.15) is 15.9 Å². The van der Waals surface area contributed by atoms with Gasteiger partial charge in [-0.25, -0.2) is 4.79 Å². The minimum Gasteiger partial charge on any atom is -0.478 e. The summed E-state index contributed by atoms with van der Waals surface area (Å²) < 4.78 is 5.53. The summed E-state index contributed by atoms with van der Waals surface area (Å²) in [6.45, 7) is 0. The number of nitrogen functional groups attached to an aromatic ring is 1. The lowest BCUT2D eigenvalue weighted by Crippen LogP contribution is -1.99. The molecule has 0 heterocycles. The average Bonchev–Trinajstić information content (AvgIpc) is 2.41. The third-order valence-electron chi connectivity index (χ3n) is 2.48. The summed E-state index contributed by atoms with van der Waals surface area (Å²) in [5.41, 5.74) is 6.39. The first-order valence-corrected chi connectivity index (χ1v) is 5.41. The van der Waals surface area contributed by atoms with Crippen molar-refractivity contribution in [3.05, 3.63) is 53.6 Å². The second-order valence-corrected chi connectivity index (χ2v) is 3.77. The Morgan fingerprint density at radius 2 is 1.95 bits per heavy atom. The molecule has 5 nitrogen and oxygen atoms in total. The third-order valence-corrected chi connectivity index (χ3v) is 2.48. The van der Waals surface area contributed by atoms with Crippen LogP contribution in [0.5, 0.6) is 11.5 Å². The van der Waals surface area contributed by atoms with Gasteiger partial charge >= 0.3 is 5.97 Å². The van der Waals surface area contributed by atoms with Crippen LogP contribution in [0.25, 0.3) is 0 Å². The summed E-state index contributed by atoms with van der Waals surface area (Å²) in [6.07, 6.45) is 0. The molecule has 0 atom stereocenters. The molecule has 19 heavy (non-hydrogen) atoms. The highest BCUT2D eigenvalue weighted by Gasteiger charge is 2.09. The van der Waals surface area contributed by atoms with Crippen LogP contribution in [0.3, 0.4) is 0 Å². The Labute approximate surface area is 109 Å². The first-order chi connectivity index (χ1) is 9.11. The first kappa shape index (κ1) is 12.5. The molecule has 0 radical (unpaired) electrons. The monoisotopic (exact) mass is 254 g/mol. The van der Waals surface area contributed by atoms with Crippen LogP contribution in [0.15, 0.2) is 42.5 Å². The molecular weight excluding hydrogens is 244 g/mol. The van der Waals surface area contributed by atoms with Crippen molar-refractivity contribution in [3.8, 4) is 17.6 Å². The van der Waals surface area contributed by atoms with E-state index in [0.717, 1.165) is 0 Å². The van der Waals surface area contributed by atoms with Gasteiger partial charge in [-0.05, 0) is 30.3 Å². The largest absolute Gasteiger partial charge is 0.478 e. The van der Waals surface area contributed by atoms with Gasteiger partial charge in [-0.15, -0.1) is 0 Å². The van der Waals surface area contributed by atoms with Crippen LogP contribution in [0, 0.1) is 11.3 Å². The molecule has 0 aliphatic heterocycles. The highest BCUT2D eigenvalue weighted by Crippen LogP contribution is 2.30. The van der Waals surface area contributed by atoms with E-state index in [9.17, 15) is 4.79 Å². The average molecular weight is 254 g/mol. The van der Waals surface area contributed by atoms with E-state index < -0.39 is 5.97 Å². The van der Waals surface area contributed by atoms with Crippen LogP contribution < -0.4 is 10.5 Å². The predicted molar refractivity (Wildman–Crippen MR) is 69.0 cm³/mol. The number of hydrogen-bond donors (Lipinski definition) is 2. The molecule has 0 unspecified atom stereocenters. The molecule has 0 saturated heterocycles. The van der Waals surface area contributed by atoms with Gasteiger partial charge in [0.2, 0.25) is 0 Å². The van der Waals surface area contributed by atoms with Gasteiger partial charge in [0.25, 0.3) is 0 Å². The lowest BCUT2D eigenvalue weighted by molar-refractivity contribution is 0.0697. The van der Waals surface area contributed by atoms with Crippen LogP contribution in [-0.2, 0) is 0 Å². The lowest BCUT2D eigenvalue weighted by atomic mass is 10.2. The number of nitrogens with two attached hydrogens (primary N) is 1. The molecule has 0 aliphatic carbocycles. The number of aromatic carboxylic acids is 1. The van der Waals surface area contributed by atoms with Crippen LogP contribution in [0.4, 0.5) is 5.69 Å². The van der Waals surface area contributed by atoms with Crippen molar-refractivity contribution in [2.24, 2.45) is 0 Å². The maximum atomic E-state index is 10.8. The van der Waals surface area contributed by atoms with E-state index in [2.05, 4.69) is 0 Å². The van der Waals surface area contributed by atoms with E-state index in [1.807, 2.05) is 6.07 Å². The highest BCUT2D eigenvalue weighted by atomic mass is 16.5. The molecule has 0 spiro atoms. The molecule has 5 heteroatoms. The van der Waals surface area contributed by atoms with Gasteiger partial charge in [0.05, 0.1) is 16.8 Å². The van der Waals surface area contributed by atoms with E-state index in [4.69, 9.17) is 20.8 Å². The number of carboxylic acid groups (broad SMARTS) is 1. The molecule has 2 rings (SSSR count). The fourth-order valence-corrected chi connectivity index (χ4v) is 1.54. The number of nitrogens with zero attached hydrogens (tertiary/aromatic N) is 1. The van der Waals surface area contributed by atoms with E-state index in [-0.39, 0.29) is 11.3 Å². The van der Waals surface area contributed by atoms with E-state index in [1.165, 1.54) is 18.2 Å². The summed E-state index contributed by atoms with van der Waals surface area (Å²) in [6, 6.07) is 12.9. The second-order valence-electron chi connectivity index (χ2n) is 3.77. The van der Waals surface area contributed by atoms with Crippen LogP contribution in [0.2, 0.25) is 0 Å². The van der Waals surface area contributed by atoms with Crippen molar-refractivity contribution in [1.29, 1.82) is 5.26 Å². The molecular formula is C14H10N2O3. The van der Waals surface area contributed by atoms with E-state index in [0.29, 0.717) is 17.1 Å². The Kier molecular flexibility index (Phi) is 3.35. The molecule has 0 saturated carbocycles. The fraction of sp³-hybridized carbons (Fsp3) is 0. The van der Waals surface area contributed by atoms with Crippen LogP contribution >= 0.6 is 0 Å². The van der Waals surface area contributed by atoms with Gasteiger partial charge in [-0.3, -0.25) is 0 Å². The van der Waals surface area contributed by atoms with E-state index >= 15 is 0 Å². The number of ether oxygens (including phenoxy) is 1. The number of carboxylic acids is 1. The topological polar surface area (TPSA) is 96.3 Å². The second kappa shape index (κ2) is 5.10. The van der Waals surface area contributed by atoms with Gasteiger partial charge in [0.15, 0.2) is 0 Å². The van der Waals surface area contributed by atoms with E-state index in [1.54, 1.807) is 24.3 Å². The molecule has 3 N–H and O–H groups in total. The summed E-state index contributed by atoms with van der Waals surface area (Å²) in [4.78, 5) is 10.8. The summed E-state index contributed by atoms with van der Waals surface area (Å²) >= 11 is 0. The maximum absolute atomic E-state index is 10.8. The number of para-hydroxylation sites is 1. The normalized spacial score (nSPS) is 9.63. The smallest absolute Gasteiger partial charge is 0.335 e. The Bertz CT molecular complexity index is 675. The van der Waals surface area contributed by atoms with Crippen molar-refractivity contribution in [2.75, 3.05) is 5.73 Å². The van der Waals surface area contributed by atoms with Gasteiger partial charge in [-0.2, -0.15) is 5.26 Å². The Morgan fingerprint density at radius 3 is 2.58 bits per heavy atom. The number of rotatable bonds is 3. The Balaban J connectivity index is 2.34. The molecule has 2 aromatic carbocycles. The number of anilines is 1. The zero-order chi connectivity index (χ0) is 13.8. The quantitative estimate of drug-likeness (QED) is 0.820. The van der Waals surface area contributed by atoms with Crippen LogP contribution in [-0.4, -0.2) is 11.1 Å². The highest BCUT2D eigenvalue weighted by molar-refractivity contribution is 5.89. The van der Waals surface area contributed by atoms with Gasteiger partial charge in [-0.1, -0.05) is 12.1 Å². The SMILES string of the molecule is N#Cc1ccccc1Oc1ccc(C(=O)O)cc1N. The van der Waals surface area contributed by atoms with Gasteiger partial charge < -0.3 is 15.6 Å². The number of hydrogen-bond acceptors (Lipinski definition) is 4.